The highest BCUT2D eigenvalue weighted by molar-refractivity contribution is 9.10. The van der Waals surface area contributed by atoms with Gasteiger partial charge in [-0.05, 0) is 30.8 Å². The van der Waals surface area contributed by atoms with E-state index in [4.69, 9.17) is 0 Å². The molecule has 0 aliphatic carbocycles. The fourth-order valence-electron chi connectivity index (χ4n) is 2.09. The van der Waals surface area contributed by atoms with Gasteiger partial charge in [-0.25, -0.2) is 0 Å². The zero-order valence-corrected chi connectivity index (χ0v) is 12.2. The Hall–Kier alpha value is -1.07. The number of ketones is 1. The lowest BCUT2D eigenvalue weighted by molar-refractivity contribution is 0.104. The summed E-state index contributed by atoms with van der Waals surface area (Å²) in [6.07, 6.45) is 0. The molecule has 1 aromatic rings. The fraction of sp³-hybridized carbons (Fsp3) is 0.231. The minimum absolute atomic E-state index is 0.0714. The molecule has 3 nitrogen and oxygen atoms in total. The van der Waals surface area contributed by atoms with E-state index in [-0.39, 0.29) is 5.78 Å². The minimum atomic E-state index is 0.0714. The van der Waals surface area contributed by atoms with Gasteiger partial charge in [-0.3, -0.25) is 9.79 Å². The van der Waals surface area contributed by atoms with Crippen LogP contribution in [0.1, 0.15) is 17.3 Å². The SMILES string of the molecule is CC1=C(C(=O)c2ccccc2Br)SC2=NCCN21. The maximum atomic E-state index is 12.5. The molecule has 0 N–H and O–H groups in total. The predicted molar refractivity (Wildman–Crippen MR) is 77.8 cm³/mol. The molecule has 0 atom stereocenters. The Kier molecular flexibility index (Phi) is 3.03. The third kappa shape index (κ3) is 1.82. The fourth-order valence-corrected chi connectivity index (χ4v) is 3.69. The number of carbonyl (C=O) groups excluding carboxylic acids is 1. The summed E-state index contributed by atoms with van der Waals surface area (Å²) in [6, 6.07) is 7.53. The van der Waals surface area contributed by atoms with Crippen LogP contribution in [0.3, 0.4) is 0 Å². The molecule has 1 aromatic carbocycles. The number of amidine groups is 1. The summed E-state index contributed by atoms with van der Waals surface area (Å²) < 4.78 is 0.838. The maximum absolute atomic E-state index is 12.5. The summed E-state index contributed by atoms with van der Waals surface area (Å²) in [6.45, 7) is 3.71. The Bertz CT molecular complexity index is 594. The Morgan fingerprint density at radius 1 is 1.44 bits per heavy atom. The third-order valence-electron chi connectivity index (χ3n) is 3.05. The molecule has 2 aliphatic heterocycles. The van der Waals surface area contributed by atoms with E-state index in [0.29, 0.717) is 5.56 Å². The van der Waals surface area contributed by atoms with Crippen molar-refractivity contribution < 1.29 is 4.79 Å². The van der Waals surface area contributed by atoms with Crippen LogP contribution >= 0.6 is 27.7 Å². The summed E-state index contributed by atoms with van der Waals surface area (Å²) in [5, 5.41) is 0.961. The summed E-state index contributed by atoms with van der Waals surface area (Å²) in [5.41, 5.74) is 1.73. The Balaban J connectivity index is 1.98. The second-order valence-corrected chi connectivity index (χ2v) is 5.97. The van der Waals surface area contributed by atoms with E-state index in [2.05, 4.69) is 25.8 Å². The van der Waals surface area contributed by atoms with Crippen molar-refractivity contribution in [2.75, 3.05) is 13.1 Å². The molecule has 0 amide bonds. The number of Topliss-reactive ketones (excluding diaryl/α,β-unsaturated/α-hetero) is 1. The van der Waals surface area contributed by atoms with Crippen LogP contribution in [0, 0.1) is 0 Å². The molecule has 92 valence electrons. The van der Waals surface area contributed by atoms with Gasteiger partial charge in [0.2, 0.25) is 5.78 Å². The van der Waals surface area contributed by atoms with Gasteiger partial charge < -0.3 is 4.90 Å². The van der Waals surface area contributed by atoms with Crippen LogP contribution < -0.4 is 0 Å². The number of halogens is 1. The Morgan fingerprint density at radius 2 is 2.22 bits per heavy atom. The topological polar surface area (TPSA) is 32.7 Å². The van der Waals surface area contributed by atoms with Crippen molar-refractivity contribution >= 4 is 38.6 Å². The Morgan fingerprint density at radius 3 is 2.94 bits per heavy atom. The first-order chi connectivity index (χ1) is 8.68. The molecule has 2 heterocycles. The van der Waals surface area contributed by atoms with Crippen LogP contribution in [0.4, 0.5) is 0 Å². The van der Waals surface area contributed by atoms with E-state index < -0.39 is 0 Å². The first-order valence-corrected chi connectivity index (χ1v) is 7.29. The van der Waals surface area contributed by atoms with Gasteiger partial charge in [0, 0.05) is 22.3 Å². The van der Waals surface area contributed by atoms with Gasteiger partial charge in [-0.15, -0.1) is 0 Å². The van der Waals surface area contributed by atoms with E-state index in [1.165, 1.54) is 11.8 Å². The standard InChI is InChI=1S/C13H11BrN2OS/c1-8-12(18-13-15-6-7-16(8)13)11(17)9-4-2-3-5-10(9)14/h2-5H,6-7H2,1H3. The maximum Gasteiger partial charge on any atom is 0.202 e. The smallest absolute Gasteiger partial charge is 0.202 e. The number of thioether (sulfide) groups is 1. The third-order valence-corrected chi connectivity index (χ3v) is 4.96. The molecule has 0 bridgehead atoms. The number of carbonyl (C=O) groups is 1. The summed E-state index contributed by atoms with van der Waals surface area (Å²) in [4.78, 5) is 19.8. The number of fused-ring (bicyclic) bond motifs is 1. The molecule has 18 heavy (non-hydrogen) atoms. The molecule has 3 rings (SSSR count). The number of hydrogen-bond donors (Lipinski definition) is 0. The van der Waals surface area contributed by atoms with Crippen LogP contribution in [0.15, 0.2) is 44.3 Å². The number of benzene rings is 1. The van der Waals surface area contributed by atoms with Crippen molar-refractivity contribution in [1.82, 2.24) is 4.90 Å². The second-order valence-electron chi connectivity index (χ2n) is 4.14. The predicted octanol–water partition coefficient (Wildman–Crippen LogP) is 3.28. The normalized spacial score (nSPS) is 18.1. The molecule has 0 fully saturated rings. The van der Waals surface area contributed by atoms with Crippen LogP contribution in [-0.4, -0.2) is 28.9 Å². The lowest BCUT2D eigenvalue weighted by Crippen LogP contribution is -2.19. The first-order valence-electron chi connectivity index (χ1n) is 5.68. The highest BCUT2D eigenvalue weighted by Crippen LogP contribution is 2.38. The number of aliphatic imine (C=N–C) groups is 1. The zero-order chi connectivity index (χ0) is 12.7. The molecule has 0 saturated carbocycles. The number of allylic oxidation sites excluding steroid dienone is 2. The number of hydrogen-bond acceptors (Lipinski definition) is 4. The van der Waals surface area contributed by atoms with Crippen molar-refractivity contribution in [3.05, 3.63) is 44.9 Å². The van der Waals surface area contributed by atoms with Gasteiger partial charge in [0.25, 0.3) is 0 Å². The van der Waals surface area contributed by atoms with Crippen LogP contribution in [-0.2, 0) is 0 Å². The van der Waals surface area contributed by atoms with Gasteiger partial charge in [0.05, 0.1) is 11.4 Å². The molecular formula is C13H11BrN2OS. The lowest BCUT2D eigenvalue weighted by Gasteiger charge is -2.12. The van der Waals surface area contributed by atoms with E-state index >= 15 is 0 Å². The highest BCUT2D eigenvalue weighted by Gasteiger charge is 2.33. The summed E-state index contributed by atoms with van der Waals surface area (Å²) in [7, 11) is 0. The van der Waals surface area contributed by atoms with Crippen LogP contribution in [0.25, 0.3) is 0 Å². The summed E-state index contributed by atoms with van der Waals surface area (Å²) in [5.74, 6) is 0.0714. The molecule has 5 heteroatoms. The zero-order valence-electron chi connectivity index (χ0n) is 9.81. The van der Waals surface area contributed by atoms with Crippen molar-refractivity contribution in [3.8, 4) is 0 Å². The van der Waals surface area contributed by atoms with E-state index in [9.17, 15) is 4.79 Å². The molecular weight excluding hydrogens is 312 g/mol. The van der Waals surface area contributed by atoms with Crippen LogP contribution in [0.2, 0.25) is 0 Å². The van der Waals surface area contributed by atoms with Crippen molar-refractivity contribution in [2.45, 2.75) is 6.92 Å². The molecule has 0 radical (unpaired) electrons. The second kappa shape index (κ2) is 4.55. The average molecular weight is 323 g/mol. The minimum Gasteiger partial charge on any atom is -0.322 e. The molecule has 2 aliphatic rings. The quantitative estimate of drug-likeness (QED) is 0.783. The monoisotopic (exact) mass is 322 g/mol. The lowest BCUT2D eigenvalue weighted by atomic mass is 10.1. The van der Waals surface area contributed by atoms with Crippen molar-refractivity contribution in [1.29, 1.82) is 0 Å². The van der Waals surface area contributed by atoms with Crippen molar-refractivity contribution in [2.24, 2.45) is 4.99 Å². The molecule has 0 spiro atoms. The van der Waals surface area contributed by atoms with E-state index in [1.807, 2.05) is 31.2 Å². The Labute approximate surface area is 118 Å². The van der Waals surface area contributed by atoms with E-state index in [0.717, 1.165) is 33.3 Å². The number of nitrogens with zero attached hydrogens (tertiary/aromatic N) is 2. The average Bonchev–Trinajstić information content (AvgIpc) is 2.93. The first kappa shape index (κ1) is 12.0. The van der Waals surface area contributed by atoms with Gasteiger partial charge in [0.15, 0.2) is 5.17 Å². The van der Waals surface area contributed by atoms with Crippen molar-refractivity contribution in [3.63, 3.8) is 0 Å². The molecule has 0 saturated heterocycles. The molecule has 0 aromatic heterocycles. The largest absolute Gasteiger partial charge is 0.322 e. The van der Waals surface area contributed by atoms with Gasteiger partial charge >= 0.3 is 0 Å². The van der Waals surface area contributed by atoms with Gasteiger partial charge in [-0.2, -0.15) is 0 Å². The molecule has 0 unspecified atom stereocenters. The van der Waals surface area contributed by atoms with Gasteiger partial charge in [0.1, 0.15) is 0 Å². The number of rotatable bonds is 2. The van der Waals surface area contributed by atoms with Crippen LogP contribution in [0.5, 0.6) is 0 Å². The summed E-state index contributed by atoms with van der Waals surface area (Å²) >= 11 is 4.91. The highest BCUT2D eigenvalue weighted by atomic mass is 79.9. The van der Waals surface area contributed by atoms with Gasteiger partial charge in [-0.1, -0.05) is 28.1 Å². The van der Waals surface area contributed by atoms with E-state index in [1.54, 1.807) is 0 Å².